The van der Waals surface area contributed by atoms with E-state index in [2.05, 4.69) is 5.32 Å². The Hall–Kier alpha value is -0.795. The molecular formula is C5H6BNO2. The number of hydrogen-bond acceptors (Lipinski definition) is 2. The van der Waals surface area contributed by atoms with Crippen molar-refractivity contribution in [3.05, 3.63) is 0 Å². The van der Waals surface area contributed by atoms with Gasteiger partial charge in [0, 0.05) is 12.2 Å². The molecule has 2 amide bonds. The van der Waals surface area contributed by atoms with E-state index in [-0.39, 0.29) is 11.8 Å². The summed E-state index contributed by atoms with van der Waals surface area (Å²) in [5.41, 5.74) is 0. The van der Waals surface area contributed by atoms with E-state index >= 15 is 0 Å². The van der Waals surface area contributed by atoms with Crippen LogP contribution in [0.2, 0.25) is 5.82 Å². The van der Waals surface area contributed by atoms with Crippen LogP contribution in [0, 0.1) is 0 Å². The lowest BCUT2D eigenvalue weighted by molar-refractivity contribution is -0.132. The summed E-state index contributed by atoms with van der Waals surface area (Å²) in [7, 11) is 5.28. The van der Waals surface area contributed by atoms with E-state index in [0.29, 0.717) is 12.8 Å². The zero-order chi connectivity index (χ0) is 6.85. The fourth-order valence-electron chi connectivity index (χ4n) is 0.710. The van der Waals surface area contributed by atoms with Crippen molar-refractivity contribution in [2.45, 2.75) is 18.7 Å². The lowest BCUT2D eigenvalue weighted by Gasteiger charge is -2.16. The van der Waals surface area contributed by atoms with Gasteiger partial charge in [-0.1, -0.05) is 0 Å². The molecule has 0 aliphatic carbocycles. The van der Waals surface area contributed by atoms with Crippen LogP contribution < -0.4 is 5.32 Å². The van der Waals surface area contributed by atoms with Gasteiger partial charge < -0.3 is 0 Å². The maximum Gasteiger partial charge on any atom is 0.226 e. The molecule has 1 aliphatic heterocycles. The third kappa shape index (κ3) is 1.31. The van der Waals surface area contributed by atoms with E-state index < -0.39 is 5.82 Å². The molecule has 9 heavy (non-hydrogen) atoms. The molecule has 1 N–H and O–H groups in total. The van der Waals surface area contributed by atoms with Gasteiger partial charge in [0.15, 0.2) is 0 Å². The third-order valence-corrected chi connectivity index (χ3v) is 1.28. The third-order valence-electron chi connectivity index (χ3n) is 1.28. The van der Waals surface area contributed by atoms with E-state index in [1.807, 2.05) is 0 Å². The minimum absolute atomic E-state index is 0.221. The van der Waals surface area contributed by atoms with Crippen LogP contribution in [0.25, 0.3) is 0 Å². The standard InChI is InChI=1S/C5H6BNO2/c6-3-1-2-4(8)7-5(3)9/h3H,1-2H2,(H,7,8,9)/t3-/m0/s1. The van der Waals surface area contributed by atoms with Crippen molar-refractivity contribution in [3.8, 4) is 0 Å². The fourth-order valence-corrected chi connectivity index (χ4v) is 0.710. The summed E-state index contributed by atoms with van der Waals surface area (Å²) in [5.74, 6) is -1.06. The molecular weight excluding hydrogens is 117 g/mol. The number of imide groups is 1. The summed E-state index contributed by atoms with van der Waals surface area (Å²) in [6.07, 6.45) is 0.845. The van der Waals surface area contributed by atoms with Crippen LogP contribution in [0.5, 0.6) is 0 Å². The zero-order valence-corrected chi connectivity index (χ0v) is 4.89. The lowest BCUT2D eigenvalue weighted by atomic mass is 9.81. The van der Waals surface area contributed by atoms with Crippen molar-refractivity contribution in [3.63, 3.8) is 0 Å². The second-order valence-corrected chi connectivity index (χ2v) is 2.06. The Morgan fingerprint density at radius 1 is 1.56 bits per heavy atom. The molecule has 0 saturated carbocycles. The van der Waals surface area contributed by atoms with Gasteiger partial charge in [-0.25, -0.2) is 0 Å². The average Bonchev–Trinajstić information content (AvgIpc) is 1.80. The Labute approximate surface area is 54.2 Å². The molecule has 1 aliphatic rings. The summed E-state index contributed by atoms with van der Waals surface area (Å²) in [4.78, 5) is 21.0. The Morgan fingerprint density at radius 3 is 2.67 bits per heavy atom. The van der Waals surface area contributed by atoms with E-state index in [1.54, 1.807) is 0 Å². The van der Waals surface area contributed by atoms with Gasteiger partial charge in [-0.05, 0) is 6.42 Å². The highest BCUT2D eigenvalue weighted by atomic mass is 16.2. The van der Waals surface area contributed by atoms with Crippen molar-refractivity contribution in [1.82, 2.24) is 5.32 Å². The van der Waals surface area contributed by atoms with Gasteiger partial charge in [-0.3, -0.25) is 14.9 Å². The highest BCUT2D eigenvalue weighted by Gasteiger charge is 2.21. The monoisotopic (exact) mass is 123 g/mol. The van der Waals surface area contributed by atoms with Crippen LogP contribution in [-0.4, -0.2) is 19.7 Å². The lowest BCUT2D eigenvalue weighted by Crippen LogP contribution is -2.38. The van der Waals surface area contributed by atoms with Crippen molar-refractivity contribution in [1.29, 1.82) is 0 Å². The molecule has 1 atom stereocenters. The zero-order valence-electron chi connectivity index (χ0n) is 4.89. The molecule has 0 bridgehead atoms. The first-order chi connectivity index (χ1) is 4.20. The van der Waals surface area contributed by atoms with E-state index in [9.17, 15) is 9.59 Å². The van der Waals surface area contributed by atoms with Crippen LogP contribution in [0.1, 0.15) is 12.8 Å². The summed E-state index contributed by atoms with van der Waals surface area (Å²) >= 11 is 0. The molecule has 0 aromatic carbocycles. The number of carbonyl (C=O) groups excluding carboxylic acids is 2. The predicted octanol–water partition coefficient (Wildman–Crippen LogP) is -0.620. The second-order valence-electron chi connectivity index (χ2n) is 2.06. The highest BCUT2D eigenvalue weighted by molar-refractivity contribution is 6.26. The van der Waals surface area contributed by atoms with Gasteiger partial charge in [0.2, 0.25) is 11.8 Å². The minimum Gasteiger partial charge on any atom is -0.297 e. The first kappa shape index (κ1) is 6.33. The molecule has 0 spiro atoms. The van der Waals surface area contributed by atoms with E-state index in [4.69, 9.17) is 7.85 Å². The molecule has 0 aromatic rings. The summed E-state index contributed by atoms with van der Waals surface area (Å²) in [5, 5.41) is 2.13. The second kappa shape index (κ2) is 2.21. The Bertz CT molecular complexity index is 157. The van der Waals surface area contributed by atoms with Crippen molar-refractivity contribution in [2.24, 2.45) is 0 Å². The smallest absolute Gasteiger partial charge is 0.226 e. The number of carbonyl (C=O) groups is 2. The largest absolute Gasteiger partial charge is 0.297 e. The van der Waals surface area contributed by atoms with Gasteiger partial charge >= 0.3 is 0 Å². The van der Waals surface area contributed by atoms with Crippen LogP contribution in [0.4, 0.5) is 0 Å². The van der Waals surface area contributed by atoms with Gasteiger partial charge in [-0.15, -0.1) is 0 Å². The molecule has 1 saturated heterocycles. The molecule has 0 unspecified atom stereocenters. The normalized spacial score (nSPS) is 27.8. The molecule has 3 nitrogen and oxygen atoms in total. The fraction of sp³-hybridized carbons (Fsp3) is 0.600. The van der Waals surface area contributed by atoms with Gasteiger partial charge in [0.1, 0.15) is 0 Å². The summed E-state index contributed by atoms with van der Waals surface area (Å²) < 4.78 is 0. The first-order valence-corrected chi connectivity index (χ1v) is 2.79. The Kier molecular flexibility index (Phi) is 1.55. The molecule has 0 aromatic heterocycles. The highest BCUT2D eigenvalue weighted by Crippen LogP contribution is 2.12. The van der Waals surface area contributed by atoms with Crippen molar-refractivity contribution in [2.75, 3.05) is 0 Å². The molecule has 1 fully saturated rings. The summed E-state index contributed by atoms with van der Waals surface area (Å²) in [6.45, 7) is 0. The van der Waals surface area contributed by atoms with Crippen LogP contribution in [0.15, 0.2) is 0 Å². The summed E-state index contributed by atoms with van der Waals surface area (Å²) in [6, 6.07) is 0. The number of piperidine rings is 1. The molecule has 46 valence electrons. The van der Waals surface area contributed by atoms with E-state index in [0.717, 1.165) is 0 Å². The van der Waals surface area contributed by atoms with E-state index in [1.165, 1.54) is 0 Å². The van der Waals surface area contributed by atoms with Gasteiger partial charge in [0.05, 0.1) is 7.85 Å². The first-order valence-electron chi connectivity index (χ1n) is 2.79. The number of amides is 2. The maximum atomic E-state index is 10.5. The maximum absolute atomic E-state index is 10.5. The molecule has 4 heteroatoms. The number of rotatable bonds is 0. The molecule has 1 rings (SSSR count). The van der Waals surface area contributed by atoms with Crippen LogP contribution >= 0.6 is 0 Å². The number of hydrogen-bond donors (Lipinski definition) is 1. The van der Waals surface area contributed by atoms with Crippen molar-refractivity contribution >= 4 is 19.7 Å². The number of nitrogens with one attached hydrogen (secondary N) is 1. The Balaban J connectivity index is 2.54. The Morgan fingerprint density at radius 2 is 2.22 bits per heavy atom. The van der Waals surface area contributed by atoms with Crippen molar-refractivity contribution < 1.29 is 9.59 Å². The quantitative estimate of drug-likeness (QED) is 0.344. The molecule has 1 heterocycles. The minimum atomic E-state index is -0.484. The molecule has 2 radical (unpaired) electrons. The van der Waals surface area contributed by atoms with Gasteiger partial charge in [-0.2, -0.15) is 0 Å². The average molecular weight is 123 g/mol. The predicted molar refractivity (Wildman–Crippen MR) is 31.9 cm³/mol. The van der Waals surface area contributed by atoms with Gasteiger partial charge in [0.25, 0.3) is 0 Å². The topological polar surface area (TPSA) is 46.2 Å². The van der Waals surface area contributed by atoms with Crippen LogP contribution in [0.3, 0.4) is 0 Å². The van der Waals surface area contributed by atoms with Crippen LogP contribution in [-0.2, 0) is 9.59 Å². The SMILES string of the molecule is [B][C@H]1CCC(=O)NC1=O.